The lowest BCUT2D eigenvalue weighted by Crippen LogP contribution is -2.51. The average Bonchev–Trinajstić information content (AvgIpc) is 1.61. The molecule has 640 valence electrons. The van der Waals surface area contributed by atoms with Gasteiger partial charge in [-0.3, -0.25) is 38.0 Å². The zero-order valence-corrected chi connectivity index (χ0v) is 66.7. The molecule has 0 saturated carbocycles. The molecular weight excluding hydrogens is 1630 g/mol. The lowest BCUT2D eigenvalue weighted by molar-refractivity contribution is -0.142. The predicted octanol–water partition coefficient (Wildman–Crippen LogP) is 10.3. The molecule has 8 atom stereocenters. The number of halogens is 10. The van der Waals surface area contributed by atoms with Crippen molar-refractivity contribution in [1.82, 2.24) is 159 Å². The molecule has 0 aromatic carbocycles. The predicted molar refractivity (Wildman–Crippen MR) is 430 cm³/mol. The standard InChI is InChI=1S/2C20H21F2N9.2C19H18F3N9/c2*1-11-8-30(9-14(27-11)13-5-26-29-12(13)2)17-3-4-23-20(28-17)16-6-25-18-7-24-15(19(21)22)10-31(16)18;2*1-11-8-30(9-13(28-11)12-4-26-27-5-12)16-2-3-23-18(29-16)14-6-25-17-7-24-15(10-31(14)17)19(20,21)22/h2*3-7,10-11,14,19,27H,8-9H2,1-2H3,(H,26,29);2*2-7,10-11,13,28H,8-9H2,1H3,(H,26,27). The molecule has 46 heteroatoms. The maximum atomic E-state index is 13.1. The maximum absolute atomic E-state index is 13.1. The molecule has 0 radical (unpaired) electrons. The summed E-state index contributed by atoms with van der Waals surface area (Å²) < 4.78 is 137. The van der Waals surface area contributed by atoms with Crippen LogP contribution in [0, 0.1) is 13.8 Å². The van der Waals surface area contributed by atoms with E-state index >= 15 is 0 Å². The van der Waals surface area contributed by atoms with Crippen LogP contribution in [0.2, 0.25) is 0 Å². The Bertz CT molecular complexity index is 5980. The fourth-order valence-electron chi connectivity index (χ4n) is 15.5. The van der Waals surface area contributed by atoms with E-state index in [4.69, 9.17) is 9.97 Å². The van der Waals surface area contributed by atoms with Crippen molar-refractivity contribution >= 4 is 45.9 Å². The van der Waals surface area contributed by atoms with Gasteiger partial charge in [0.1, 0.15) is 57.4 Å². The van der Waals surface area contributed by atoms with Crippen LogP contribution in [0.4, 0.5) is 67.2 Å². The minimum Gasteiger partial charge on any atom is -0.353 e. The minimum absolute atomic E-state index is 0.0668. The van der Waals surface area contributed by atoms with Gasteiger partial charge in [-0.05, 0) is 65.8 Å². The van der Waals surface area contributed by atoms with Crippen molar-refractivity contribution in [2.75, 3.05) is 72.0 Å². The first kappa shape index (κ1) is 82.3. The average molecular weight is 1710 g/mol. The minimum atomic E-state index is -4.56. The molecule has 8 N–H and O–H groups in total. The molecule has 36 nitrogen and oxygen atoms in total. The lowest BCUT2D eigenvalue weighted by atomic mass is 10.0. The molecule has 4 aliphatic rings. The van der Waals surface area contributed by atoms with Crippen LogP contribution in [-0.4, -0.2) is 215 Å². The van der Waals surface area contributed by atoms with Crippen LogP contribution in [0.5, 0.6) is 0 Å². The van der Waals surface area contributed by atoms with Crippen LogP contribution in [0.15, 0.2) is 161 Å². The number of piperazine rings is 4. The summed E-state index contributed by atoms with van der Waals surface area (Å²) in [4.78, 5) is 75.8. The largest absolute Gasteiger partial charge is 0.434 e. The molecule has 0 spiro atoms. The highest BCUT2D eigenvalue weighted by molar-refractivity contribution is 5.63. The number of aryl methyl sites for hydroxylation is 2. The highest BCUT2D eigenvalue weighted by Crippen LogP contribution is 2.35. The molecule has 124 heavy (non-hydrogen) atoms. The van der Waals surface area contributed by atoms with E-state index in [9.17, 15) is 43.9 Å². The van der Waals surface area contributed by atoms with E-state index in [2.05, 4.69) is 179 Å². The smallest absolute Gasteiger partial charge is 0.353 e. The van der Waals surface area contributed by atoms with E-state index < -0.39 is 36.6 Å². The Morgan fingerprint density at radius 1 is 0.339 bits per heavy atom. The summed E-state index contributed by atoms with van der Waals surface area (Å²) in [5, 5.41) is 42.2. The van der Waals surface area contributed by atoms with Gasteiger partial charge >= 0.3 is 12.4 Å². The van der Waals surface area contributed by atoms with E-state index in [1.807, 2.05) is 50.8 Å². The molecule has 16 aromatic heterocycles. The van der Waals surface area contributed by atoms with Gasteiger partial charge in [0.2, 0.25) is 0 Å². The molecule has 16 aromatic rings. The molecular formula is C78H78F10N36. The number of alkyl halides is 10. The van der Waals surface area contributed by atoms with Crippen molar-refractivity contribution in [3.63, 3.8) is 0 Å². The second-order valence-corrected chi connectivity index (χ2v) is 30.3. The fraction of sp³-hybridized carbons (Fsp3) is 0.333. The zero-order valence-electron chi connectivity index (χ0n) is 66.7. The normalized spacial score (nSPS) is 19.6. The Balaban J connectivity index is 0.000000117. The van der Waals surface area contributed by atoms with E-state index in [1.54, 1.807) is 70.5 Å². The van der Waals surface area contributed by atoms with Gasteiger partial charge in [-0.15, -0.1) is 0 Å². The number of aromatic nitrogens is 28. The van der Waals surface area contributed by atoms with Gasteiger partial charge in [0.05, 0.1) is 98.5 Å². The first-order valence-electron chi connectivity index (χ1n) is 39.1. The second-order valence-electron chi connectivity index (χ2n) is 30.3. The Morgan fingerprint density at radius 2 is 0.637 bits per heavy atom. The summed E-state index contributed by atoms with van der Waals surface area (Å²) in [5.41, 5.74) is 7.02. The van der Waals surface area contributed by atoms with Crippen molar-refractivity contribution < 1.29 is 43.9 Å². The molecule has 4 aliphatic heterocycles. The van der Waals surface area contributed by atoms with E-state index in [0.29, 0.717) is 83.5 Å². The first-order chi connectivity index (χ1) is 59.7. The van der Waals surface area contributed by atoms with Gasteiger partial charge in [-0.2, -0.15) is 46.7 Å². The van der Waals surface area contributed by atoms with Crippen molar-refractivity contribution in [2.24, 2.45) is 0 Å². The van der Waals surface area contributed by atoms with Crippen molar-refractivity contribution in [3.05, 3.63) is 217 Å². The summed E-state index contributed by atoms with van der Waals surface area (Å²) in [6.07, 6.45) is 18.3. The molecule has 0 aliphatic carbocycles. The number of hydrogen-bond donors (Lipinski definition) is 8. The molecule has 20 heterocycles. The van der Waals surface area contributed by atoms with Crippen molar-refractivity contribution in [3.8, 4) is 46.1 Å². The summed E-state index contributed by atoms with van der Waals surface area (Å²) in [7, 11) is 0. The summed E-state index contributed by atoms with van der Waals surface area (Å²) >= 11 is 0. The molecule has 0 bridgehead atoms. The van der Waals surface area contributed by atoms with Crippen LogP contribution in [-0.2, 0) is 12.4 Å². The topological polar surface area (TPSA) is 400 Å². The van der Waals surface area contributed by atoms with Crippen LogP contribution in [0.3, 0.4) is 0 Å². The van der Waals surface area contributed by atoms with Crippen LogP contribution in [0.25, 0.3) is 68.7 Å². The Labute approximate surface area is 696 Å². The van der Waals surface area contributed by atoms with Crippen molar-refractivity contribution in [2.45, 2.75) is 115 Å². The number of anilines is 4. The number of imidazole rings is 4. The Morgan fingerprint density at radius 3 is 0.919 bits per heavy atom. The monoisotopic (exact) mass is 1710 g/mol. The number of fused-ring (bicyclic) bond motifs is 4. The summed E-state index contributed by atoms with van der Waals surface area (Å²) in [6, 6.07) is 8.52. The van der Waals surface area contributed by atoms with Gasteiger partial charge in [0, 0.05) is 172 Å². The molecule has 20 rings (SSSR count). The van der Waals surface area contributed by atoms with Gasteiger partial charge in [0.15, 0.2) is 57.3 Å². The Kier molecular flexibility index (Phi) is 22.9. The van der Waals surface area contributed by atoms with Gasteiger partial charge in [0.25, 0.3) is 12.9 Å². The van der Waals surface area contributed by atoms with Crippen LogP contribution < -0.4 is 40.9 Å². The molecule has 4 saturated heterocycles. The lowest BCUT2D eigenvalue weighted by Gasteiger charge is -2.38. The SMILES string of the molecule is CC1CN(c2ccnc(-c3cnc4cnc(C(F)(F)F)cn34)n2)CC(c2cn[nH]c2)N1.CC1CN(c2ccnc(-c3cnc4cnc(C(F)(F)F)cn34)n2)CC(c2cn[nH]c2)N1.Cc1[nH]ncc1C1CN(c2ccnc(-c3cnc4cnc(C(F)F)cn34)n2)CC(C)N1.Cc1[nH]ncc1C1CN(c2ccnc(-c3cnc4cnc(C(F)F)cn34)n2)CC(C)N1. The van der Waals surface area contributed by atoms with E-state index in [0.717, 1.165) is 96.2 Å². The van der Waals surface area contributed by atoms with Gasteiger partial charge < -0.3 is 40.9 Å². The highest BCUT2D eigenvalue weighted by atomic mass is 19.4. The van der Waals surface area contributed by atoms with Gasteiger partial charge in [-0.25, -0.2) is 97.3 Å². The fourth-order valence-corrected chi connectivity index (χ4v) is 15.5. The molecule has 8 unspecified atom stereocenters. The van der Waals surface area contributed by atoms with Crippen molar-refractivity contribution in [1.29, 1.82) is 0 Å². The highest BCUT2D eigenvalue weighted by Gasteiger charge is 2.37. The second kappa shape index (κ2) is 34.5. The van der Waals surface area contributed by atoms with Crippen LogP contribution >= 0.6 is 0 Å². The molecule has 4 fully saturated rings. The quantitative estimate of drug-likeness (QED) is 0.0469. The van der Waals surface area contributed by atoms with E-state index in [1.165, 1.54) is 46.0 Å². The number of H-pyrrole nitrogens is 4. The molecule has 0 amide bonds. The summed E-state index contributed by atoms with van der Waals surface area (Å²) in [6.45, 7) is 18.2. The number of aromatic amines is 4. The number of hydrogen-bond acceptors (Lipinski definition) is 28. The van der Waals surface area contributed by atoms with E-state index in [-0.39, 0.29) is 82.7 Å². The number of nitrogens with one attached hydrogen (secondary N) is 8. The Hall–Kier alpha value is -14.0. The summed E-state index contributed by atoms with van der Waals surface area (Å²) in [5.74, 6) is 4.31. The third-order valence-electron chi connectivity index (χ3n) is 21.3. The van der Waals surface area contributed by atoms with Crippen LogP contribution in [0.1, 0.15) is 121 Å². The third kappa shape index (κ3) is 17.7. The number of rotatable bonds is 14. The number of nitrogens with zero attached hydrogens (tertiary/aromatic N) is 28. The third-order valence-corrected chi connectivity index (χ3v) is 21.3. The van der Waals surface area contributed by atoms with Gasteiger partial charge in [-0.1, -0.05) is 0 Å². The first-order valence-corrected chi connectivity index (χ1v) is 39.1. The maximum Gasteiger partial charge on any atom is 0.434 e. The zero-order chi connectivity index (χ0) is 86.2.